The highest BCUT2D eigenvalue weighted by Crippen LogP contribution is 2.36. The number of carbonyl (C=O) groups is 3. The van der Waals surface area contributed by atoms with Crippen molar-refractivity contribution >= 4 is 35.2 Å². The summed E-state index contributed by atoms with van der Waals surface area (Å²) in [6, 6.07) is 5.38. The number of benzene rings is 1. The van der Waals surface area contributed by atoms with Gasteiger partial charge < -0.3 is 19.9 Å². The maximum atomic E-state index is 12.7. The number of rotatable bonds is 7. The number of anilines is 1. The molecular weight excluding hydrogens is 378 g/mol. The number of hydrogen-bond donors (Lipinski definition) is 1. The van der Waals surface area contributed by atoms with Crippen LogP contribution in [0.3, 0.4) is 0 Å². The Hall–Kier alpha value is -2.06. The lowest BCUT2D eigenvalue weighted by Gasteiger charge is -2.29. The predicted molar refractivity (Wildman–Crippen MR) is 109 cm³/mol. The summed E-state index contributed by atoms with van der Waals surface area (Å²) in [7, 11) is 0. The first-order valence-corrected chi connectivity index (χ1v) is 10.8. The second-order valence-corrected chi connectivity index (χ2v) is 7.88. The van der Waals surface area contributed by atoms with Crippen LogP contribution in [-0.2, 0) is 14.3 Å². The number of amides is 3. The van der Waals surface area contributed by atoms with E-state index in [2.05, 4.69) is 5.32 Å². The van der Waals surface area contributed by atoms with E-state index in [-0.39, 0.29) is 36.1 Å². The van der Waals surface area contributed by atoms with Crippen LogP contribution < -0.4 is 10.2 Å². The second-order valence-electron chi connectivity index (χ2n) is 6.87. The Morgan fingerprint density at radius 1 is 1.32 bits per heavy atom. The molecule has 1 unspecified atom stereocenters. The second kappa shape index (κ2) is 9.43. The van der Waals surface area contributed by atoms with Crippen LogP contribution in [0.1, 0.15) is 37.0 Å². The SMILES string of the molecule is CCN(CC)C(=O)c1ccc2c(c1)N(CC(=O)NCC1CCCO1)C(=O)CS2. The van der Waals surface area contributed by atoms with Crippen molar-refractivity contribution < 1.29 is 19.1 Å². The van der Waals surface area contributed by atoms with Crippen molar-refractivity contribution in [2.24, 2.45) is 0 Å². The minimum Gasteiger partial charge on any atom is -0.376 e. The molecule has 2 heterocycles. The van der Waals surface area contributed by atoms with Crippen molar-refractivity contribution in [1.29, 1.82) is 0 Å². The summed E-state index contributed by atoms with van der Waals surface area (Å²) in [5, 5.41) is 2.86. The zero-order valence-electron chi connectivity index (χ0n) is 16.4. The number of hydrogen-bond acceptors (Lipinski definition) is 5. The van der Waals surface area contributed by atoms with E-state index in [0.29, 0.717) is 30.9 Å². The standard InChI is InChI=1S/C20H27N3O4S/c1-3-22(4-2)20(26)14-7-8-17-16(10-14)23(19(25)13-28-17)12-18(24)21-11-15-6-5-9-27-15/h7-8,10,15H,3-6,9,11-13H2,1-2H3,(H,21,24). The van der Waals surface area contributed by atoms with Gasteiger partial charge in [-0.3, -0.25) is 14.4 Å². The molecule has 3 rings (SSSR count). The average Bonchev–Trinajstić information content (AvgIpc) is 3.23. The van der Waals surface area contributed by atoms with Gasteiger partial charge >= 0.3 is 0 Å². The number of fused-ring (bicyclic) bond motifs is 1. The van der Waals surface area contributed by atoms with Crippen LogP contribution in [0.5, 0.6) is 0 Å². The minimum atomic E-state index is -0.220. The molecule has 152 valence electrons. The van der Waals surface area contributed by atoms with Crippen molar-refractivity contribution in [3.8, 4) is 0 Å². The molecule has 8 heteroatoms. The van der Waals surface area contributed by atoms with Gasteiger partial charge in [-0.15, -0.1) is 11.8 Å². The van der Waals surface area contributed by atoms with Gasteiger partial charge in [0.1, 0.15) is 6.54 Å². The van der Waals surface area contributed by atoms with Gasteiger partial charge in [-0.25, -0.2) is 0 Å². The minimum absolute atomic E-state index is 0.0535. The van der Waals surface area contributed by atoms with Crippen molar-refractivity contribution in [3.05, 3.63) is 23.8 Å². The molecule has 0 radical (unpaired) electrons. The zero-order valence-corrected chi connectivity index (χ0v) is 17.2. The molecular formula is C20H27N3O4S. The lowest BCUT2D eigenvalue weighted by molar-refractivity contribution is -0.123. The summed E-state index contributed by atoms with van der Waals surface area (Å²) < 4.78 is 5.52. The lowest BCUT2D eigenvalue weighted by Crippen LogP contribution is -2.44. The first kappa shape index (κ1) is 20.7. The first-order valence-electron chi connectivity index (χ1n) is 9.78. The monoisotopic (exact) mass is 405 g/mol. The molecule has 2 aliphatic rings. The van der Waals surface area contributed by atoms with E-state index in [4.69, 9.17) is 4.74 Å². The maximum Gasteiger partial charge on any atom is 0.253 e. The summed E-state index contributed by atoms with van der Waals surface area (Å²) in [6.07, 6.45) is 2.01. The number of nitrogens with one attached hydrogen (secondary N) is 1. The molecule has 28 heavy (non-hydrogen) atoms. The molecule has 0 spiro atoms. The van der Waals surface area contributed by atoms with Crippen LogP contribution in [-0.4, -0.2) is 67.3 Å². The Bertz CT molecular complexity index is 745. The highest BCUT2D eigenvalue weighted by Gasteiger charge is 2.28. The summed E-state index contributed by atoms with van der Waals surface area (Å²) in [5.74, 6) is -0.131. The summed E-state index contributed by atoms with van der Waals surface area (Å²) >= 11 is 1.43. The Labute approximate surface area is 169 Å². The van der Waals surface area contributed by atoms with E-state index >= 15 is 0 Å². The summed E-state index contributed by atoms with van der Waals surface area (Å²) in [6.45, 7) is 6.25. The third-order valence-corrected chi connectivity index (χ3v) is 6.10. The van der Waals surface area contributed by atoms with E-state index in [1.54, 1.807) is 17.0 Å². The molecule has 3 amide bonds. The lowest BCUT2D eigenvalue weighted by atomic mass is 10.1. The average molecular weight is 406 g/mol. The van der Waals surface area contributed by atoms with Crippen molar-refractivity contribution in [1.82, 2.24) is 10.2 Å². The molecule has 1 atom stereocenters. The zero-order chi connectivity index (χ0) is 20.1. The highest BCUT2D eigenvalue weighted by atomic mass is 32.2. The molecule has 1 fully saturated rings. The fraction of sp³-hybridized carbons (Fsp3) is 0.550. The van der Waals surface area contributed by atoms with E-state index in [1.165, 1.54) is 16.7 Å². The van der Waals surface area contributed by atoms with Crippen LogP contribution in [0, 0.1) is 0 Å². The van der Waals surface area contributed by atoms with Crippen LogP contribution in [0.15, 0.2) is 23.1 Å². The maximum absolute atomic E-state index is 12.7. The molecule has 1 aromatic carbocycles. The molecule has 0 saturated carbocycles. The van der Waals surface area contributed by atoms with Gasteiger partial charge in [0, 0.05) is 36.7 Å². The third-order valence-electron chi connectivity index (χ3n) is 5.05. The van der Waals surface area contributed by atoms with Gasteiger partial charge in [0.2, 0.25) is 11.8 Å². The number of thioether (sulfide) groups is 1. The van der Waals surface area contributed by atoms with Gasteiger partial charge in [0.05, 0.1) is 17.5 Å². The normalized spacial score (nSPS) is 18.7. The number of nitrogens with zero attached hydrogens (tertiary/aromatic N) is 2. The molecule has 1 aromatic rings. The Balaban J connectivity index is 1.73. The molecule has 1 saturated heterocycles. The van der Waals surface area contributed by atoms with Crippen molar-refractivity contribution in [2.45, 2.75) is 37.7 Å². The van der Waals surface area contributed by atoms with Crippen molar-refractivity contribution in [2.75, 3.05) is 43.4 Å². The van der Waals surface area contributed by atoms with Gasteiger partial charge in [-0.05, 0) is 44.9 Å². The summed E-state index contributed by atoms with van der Waals surface area (Å²) in [5.41, 5.74) is 1.16. The molecule has 0 aliphatic carbocycles. The Morgan fingerprint density at radius 3 is 2.79 bits per heavy atom. The van der Waals surface area contributed by atoms with E-state index < -0.39 is 0 Å². The van der Waals surface area contributed by atoms with E-state index in [1.807, 2.05) is 19.9 Å². The first-order chi connectivity index (χ1) is 13.5. The predicted octanol–water partition coefficient (Wildman–Crippen LogP) is 1.90. The fourth-order valence-corrected chi connectivity index (χ4v) is 4.35. The van der Waals surface area contributed by atoms with Crippen molar-refractivity contribution in [3.63, 3.8) is 0 Å². The van der Waals surface area contributed by atoms with Crippen LogP contribution in [0.25, 0.3) is 0 Å². The van der Waals surface area contributed by atoms with Gasteiger partial charge in [-0.1, -0.05) is 0 Å². The molecule has 0 aromatic heterocycles. The quantitative estimate of drug-likeness (QED) is 0.750. The van der Waals surface area contributed by atoms with Crippen LogP contribution in [0.4, 0.5) is 5.69 Å². The van der Waals surface area contributed by atoms with Gasteiger partial charge in [0.25, 0.3) is 5.91 Å². The van der Waals surface area contributed by atoms with Crippen LogP contribution in [0.2, 0.25) is 0 Å². The van der Waals surface area contributed by atoms with Gasteiger partial charge in [0.15, 0.2) is 0 Å². The topological polar surface area (TPSA) is 79.0 Å². The number of ether oxygens (including phenoxy) is 1. The van der Waals surface area contributed by atoms with E-state index in [0.717, 1.165) is 24.3 Å². The fourth-order valence-electron chi connectivity index (χ4n) is 3.43. The largest absolute Gasteiger partial charge is 0.376 e. The summed E-state index contributed by atoms with van der Waals surface area (Å²) in [4.78, 5) is 41.7. The highest BCUT2D eigenvalue weighted by molar-refractivity contribution is 8.00. The smallest absolute Gasteiger partial charge is 0.253 e. The van der Waals surface area contributed by atoms with Crippen LogP contribution >= 0.6 is 11.8 Å². The molecule has 1 N–H and O–H groups in total. The molecule has 2 aliphatic heterocycles. The molecule has 0 bridgehead atoms. The van der Waals surface area contributed by atoms with Gasteiger partial charge in [-0.2, -0.15) is 0 Å². The Morgan fingerprint density at radius 2 is 2.11 bits per heavy atom. The Kier molecular flexibility index (Phi) is 6.96. The van der Waals surface area contributed by atoms with E-state index in [9.17, 15) is 14.4 Å². The number of carbonyl (C=O) groups excluding carboxylic acids is 3. The third kappa shape index (κ3) is 4.67. The molecule has 7 nitrogen and oxygen atoms in total.